The number of unbranched alkanes of at least 4 members (excludes halogenated alkanes) is 1. The number of hydrogen-bond donors (Lipinski definition) is 8. The van der Waals surface area contributed by atoms with Crippen LogP contribution < -0.4 is 33.2 Å². The van der Waals surface area contributed by atoms with Crippen molar-refractivity contribution < 1.29 is 34.2 Å². The van der Waals surface area contributed by atoms with E-state index in [1.54, 1.807) is 18.4 Å². The Morgan fingerprint density at radius 2 is 1.47 bits per heavy atom. The van der Waals surface area contributed by atoms with E-state index in [1.807, 2.05) is 0 Å². The number of carboxylic acid groups (broad SMARTS) is 1. The number of thioether (sulfide) groups is 1. The monoisotopic (exact) mass is 554 g/mol. The molecule has 0 saturated heterocycles. The summed E-state index contributed by atoms with van der Waals surface area (Å²) in [6, 6.07) is 1.37. The molecule has 0 aliphatic carbocycles. The molecule has 14 heteroatoms. The number of phenolic OH excluding ortho intramolecular Hbond substituents is 1. The fraction of sp³-hybridized carbons (Fsp3) is 0.542. The third kappa shape index (κ3) is 12.3. The van der Waals surface area contributed by atoms with Crippen LogP contribution in [-0.2, 0) is 30.4 Å². The molecular formula is C24H38N6O7S. The number of phenols is 1. The van der Waals surface area contributed by atoms with Gasteiger partial charge >= 0.3 is 5.97 Å². The Bertz CT molecular complexity index is 947. The highest BCUT2D eigenvalue weighted by atomic mass is 32.2. The molecule has 1 rings (SSSR count). The highest BCUT2D eigenvalue weighted by Crippen LogP contribution is 2.11. The summed E-state index contributed by atoms with van der Waals surface area (Å²) in [7, 11) is 0. The number of aromatic hydroxyl groups is 1. The molecule has 0 fully saturated rings. The number of carboxylic acids is 1. The molecule has 0 aromatic heterocycles. The van der Waals surface area contributed by atoms with Crippen LogP contribution in [0.5, 0.6) is 5.75 Å². The van der Waals surface area contributed by atoms with Crippen molar-refractivity contribution in [3.8, 4) is 5.75 Å². The minimum absolute atomic E-state index is 0.0666. The van der Waals surface area contributed by atoms with Gasteiger partial charge in [0.2, 0.25) is 23.6 Å². The highest BCUT2D eigenvalue weighted by molar-refractivity contribution is 7.98. The Labute approximate surface area is 225 Å². The number of nitrogens with one attached hydrogen (secondary N) is 3. The quantitative estimate of drug-likeness (QED) is 0.0982. The third-order valence-corrected chi connectivity index (χ3v) is 6.22. The molecule has 0 radical (unpaired) electrons. The van der Waals surface area contributed by atoms with Crippen molar-refractivity contribution in [3.63, 3.8) is 0 Å². The van der Waals surface area contributed by atoms with E-state index in [0.29, 0.717) is 30.7 Å². The van der Waals surface area contributed by atoms with Crippen LogP contribution >= 0.6 is 11.8 Å². The number of rotatable bonds is 18. The summed E-state index contributed by atoms with van der Waals surface area (Å²) in [4.78, 5) is 61.8. The van der Waals surface area contributed by atoms with Crippen molar-refractivity contribution in [2.75, 3.05) is 18.6 Å². The lowest BCUT2D eigenvalue weighted by atomic mass is 10.0. The average molecular weight is 555 g/mol. The molecule has 11 N–H and O–H groups in total. The lowest BCUT2D eigenvalue weighted by Crippen LogP contribution is -2.58. The van der Waals surface area contributed by atoms with Crippen molar-refractivity contribution in [1.29, 1.82) is 0 Å². The van der Waals surface area contributed by atoms with Gasteiger partial charge in [-0.15, -0.1) is 0 Å². The lowest BCUT2D eigenvalue weighted by molar-refractivity contribution is -0.142. The Morgan fingerprint density at radius 1 is 0.895 bits per heavy atom. The first-order valence-corrected chi connectivity index (χ1v) is 13.5. The van der Waals surface area contributed by atoms with Gasteiger partial charge in [-0.2, -0.15) is 11.8 Å². The summed E-state index contributed by atoms with van der Waals surface area (Å²) in [6.07, 6.45) is 2.71. The molecule has 13 nitrogen and oxygen atoms in total. The van der Waals surface area contributed by atoms with Crippen LogP contribution in [0.3, 0.4) is 0 Å². The van der Waals surface area contributed by atoms with Gasteiger partial charge in [-0.3, -0.25) is 19.2 Å². The Hall–Kier alpha value is -3.36. The number of amides is 4. The molecular weight excluding hydrogens is 516 g/mol. The van der Waals surface area contributed by atoms with Crippen LogP contribution in [0, 0.1) is 0 Å². The predicted molar refractivity (Wildman–Crippen MR) is 143 cm³/mol. The van der Waals surface area contributed by atoms with E-state index in [4.69, 9.17) is 17.2 Å². The van der Waals surface area contributed by atoms with Gasteiger partial charge in [0.25, 0.3) is 0 Å². The third-order valence-electron chi connectivity index (χ3n) is 5.57. The smallest absolute Gasteiger partial charge is 0.326 e. The zero-order valence-electron chi connectivity index (χ0n) is 21.4. The lowest BCUT2D eigenvalue weighted by Gasteiger charge is -2.25. The Morgan fingerprint density at radius 3 is 2.03 bits per heavy atom. The summed E-state index contributed by atoms with van der Waals surface area (Å²) >= 11 is 1.40. The van der Waals surface area contributed by atoms with E-state index in [2.05, 4.69) is 16.0 Å². The van der Waals surface area contributed by atoms with Gasteiger partial charge in [-0.05, 0) is 68.4 Å². The summed E-state index contributed by atoms with van der Waals surface area (Å²) in [5, 5.41) is 26.1. The molecule has 0 aliphatic rings. The van der Waals surface area contributed by atoms with Crippen molar-refractivity contribution in [1.82, 2.24) is 16.0 Å². The van der Waals surface area contributed by atoms with Gasteiger partial charge < -0.3 is 43.4 Å². The summed E-state index contributed by atoms with van der Waals surface area (Å²) < 4.78 is 0. The van der Waals surface area contributed by atoms with Gasteiger partial charge in [0, 0.05) is 0 Å². The number of aliphatic carboxylic acids is 1. The van der Waals surface area contributed by atoms with Crippen LogP contribution in [-0.4, -0.2) is 82.5 Å². The molecule has 212 valence electrons. The van der Waals surface area contributed by atoms with Gasteiger partial charge in [0.05, 0.1) is 12.5 Å². The van der Waals surface area contributed by atoms with Crippen LogP contribution in [0.15, 0.2) is 24.3 Å². The second kappa shape index (κ2) is 17.2. The van der Waals surface area contributed by atoms with E-state index >= 15 is 0 Å². The van der Waals surface area contributed by atoms with E-state index in [0.717, 1.165) is 0 Å². The van der Waals surface area contributed by atoms with E-state index in [-0.39, 0.29) is 25.0 Å². The summed E-state index contributed by atoms with van der Waals surface area (Å²) in [6.45, 7) is 0.363. The zero-order chi connectivity index (χ0) is 28.7. The van der Waals surface area contributed by atoms with Crippen LogP contribution in [0.1, 0.15) is 37.7 Å². The maximum atomic E-state index is 13.1. The zero-order valence-corrected chi connectivity index (χ0v) is 22.2. The first-order chi connectivity index (χ1) is 18.0. The van der Waals surface area contributed by atoms with Crippen LogP contribution in [0.2, 0.25) is 0 Å². The first kappa shape index (κ1) is 32.7. The average Bonchev–Trinajstić information content (AvgIpc) is 2.86. The number of primary amides is 1. The van der Waals surface area contributed by atoms with E-state index < -0.39 is 60.2 Å². The Kier molecular flexibility index (Phi) is 14.8. The number of hydrogen-bond acceptors (Lipinski definition) is 9. The molecule has 0 spiro atoms. The van der Waals surface area contributed by atoms with E-state index in [1.165, 1.54) is 23.9 Å². The molecule has 4 amide bonds. The first-order valence-electron chi connectivity index (χ1n) is 12.1. The molecule has 0 saturated carbocycles. The van der Waals surface area contributed by atoms with Crippen LogP contribution in [0.25, 0.3) is 0 Å². The largest absolute Gasteiger partial charge is 0.508 e. The SMILES string of the molecule is CSCCC(NC(=O)C(CC(N)=O)NC(=O)C(CCCCN)NC(=O)C(N)Cc1ccc(O)cc1)C(=O)O. The maximum Gasteiger partial charge on any atom is 0.326 e. The minimum atomic E-state index is -1.45. The molecule has 38 heavy (non-hydrogen) atoms. The molecule has 0 aliphatic heterocycles. The molecule has 1 aromatic carbocycles. The topological polar surface area (TPSA) is 240 Å². The van der Waals surface area contributed by atoms with E-state index in [9.17, 15) is 34.2 Å². The molecule has 0 heterocycles. The van der Waals surface area contributed by atoms with Gasteiger partial charge in [-0.25, -0.2) is 4.79 Å². The van der Waals surface area contributed by atoms with Crippen molar-refractivity contribution in [2.24, 2.45) is 17.2 Å². The van der Waals surface area contributed by atoms with Gasteiger partial charge in [-0.1, -0.05) is 12.1 Å². The second-order valence-corrected chi connectivity index (χ2v) is 9.72. The predicted octanol–water partition coefficient (Wildman–Crippen LogP) is -1.44. The molecule has 4 atom stereocenters. The second-order valence-electron chi connectivity index (χ2n) is 8.74. The minimum Gasteiger partial charge on any atom is -0.508 e. The van der Waals surface area contributed by atoms with Crippen molar-refractivity contribution in [2.45, 2.75) is 62.7 Å². The molecule has 0 bridgehead atoms. The van der Waals surface area contributed by atoms with Crippen molar-refractivity contribution in [3.05, 3.63) is 29.8 Å². The molecule has 1 aromatic rings. The van der Waals surface area contributed by atoms with Crippen molar-refractivity contribution >= 4 is 41.4 Å². The number of carbonyl (C=O) groups excluding carboxylic acids is 4. The fourth-order valence-electron chi connectivity index (χ4n) is 3.47. The maximum absolute atomic E-state index is 13.1. The number of benzene rings is 1. The summed E-state index contributed by atoms with van der Waals surface area (Å²) in [5.74, 6) is -3.88. The fourth-order valence-corrected chi connectivity index (χ4v) is 3.94. The Balaban J connectivity index is 2.97. The van der Waals surface area contributed by atoms with Gasteiger partial charge in [0.15, 0.2) is 0 Å². The van der Waals surface area contributed by atoms with Crippen LogP contribution in [0.4, 0.5) is 0 Å². The standard InChI is InChI=1S/C24H38N6O7S/c1-38-11-9-18(24(36)37)29-23(35)19(13-20(27)32)30-22(34)17(4-2-3-10-25)28-21(33)16(26)12-14-5-7-15(31)8-6-14/h5-8,16-19,31H,2-4,9-13,25-26H2,1H3,(H2,27,32)(H,28,33)(H,29,35)(H,30,34)(H,36,37). The summed E-state index contributed by atoms with van der Waals surface area (Å²) in [5.41, 5.74) is 17.5. The highest BCUT2D eigenvalue weighted by Gasteiger charge is 2.31. The number of carbonyl (C=O) groups is 5. The normalized spacial score (nSPS) is 14.0. The molecule has 4 unspecified atom stereocenters. The number of nitrogens with two attached hydrogens (primary N) is 3. The van der Waals surface area contributed by atoms with Gasteiger partial charge in [0.1, 0.15) is 23.9 Å².